The van der Waals surface area contributed by atoms with Gasteiger partial charge in [0.25, 0.3) is 5.91 Å². The first-order valence-corrected chi connectivity index (χ1v) is 9.83. The van der Waals surface area contributed by atoms with Crippen molar-refractivity contribution in [2.45, 2.75) is 50.5 Å². The van der Waals surface area contributed by atoms with Crippen molar-refractivity contribution in [1.82, 2.24) is 10.2 Å². The molecule has 6 heteroatoms. The molecule has 2 heterocycles. The summed E-state index contributed by atoms with van der Waals surface area (Å²) in [5, 5.41) is 2.97. The molecule has 1 aromatic rings. The molecule has 1 unspecified atom stereocenters. The minimum Gasteiger partial charge on any atom is -0.349 e. The average Bonchev–Trinajstić information content (AvgIpc) is 3.35. The van der Waals surface area contributed by atoms with Crippen LogP contribution in [0.25, 0.3) is 6.08 Å². The number of benzene rings is 1. The van der Waals surface area contributed by atoms with E-state index in [0.29, 0.717) is 24.8 Å². The van der Waals surface area contributed by atoms with E-state index in [1.807, 2.05) is 17.0 Å². The van der Waals surface area contributed by atoms with Gasteiger partial charge in [-0.25, -0.2) is 0 Å². The summed E-state index contributed by atoms with van der Waals surface area (Å²) in [5.41, 5.74) is 1.55. The minimum atomic E-state index is -0.299. The van der Waals surface area contributed by atoms with E-state index in [4.69, 9.17) is 9.47 Å². The molecule has 0 spiro atoms. The number of ether oxygens (including phenoxy) is 2. The third-order valence-electron chi connectivity index (χ3n) is 5.30. The number of amides is 2. The summed E-state index contributed by atoms with van der Waals surface area (Å²) < 4.78 is 11.2. The number of rotatable bonds is 5. The number of hydrogen-bond donors (Lipinski definition) is 1. The van der Waals surface area contributed by atoms with Crippen LogP contribution in [0.3, 0.4) is 0 Å². The molecule has 3 aliphatic rings. The van der Waals surface area contributed by atoms with Gasteiger partial charge in [-0.15, -0.1) is 0 Å². The Morgan fingerprint density at radius 3 is 2.48 bits per heavy atom. The maximum Gasteiger partial charge on any atom is 0.251 e. The fraction of sp³-hybridized carbons (Fsp3) is 0.524. The Morgan fingerprint density at radius 2 is 1.78 bits per heavy atom. The quantitative estimate of drug-likeness (QED) is 0.808. The van der Waals surface area contributed by atoms with Crippen LogP contribution in [0.1, 0.15) is 48.0 Å². The van der Waals surface area contributed by atoms with Crippen molar-refractivity contribution < 1.29 is 19.1 Å². The van der Waals surface area contributed by atoms with Gasteiger partial charge in [-0.2, -0.15) is 0 Å². The first kappa shape index (κ1) is 18.2. The van der Waals surface area contributed by atoms with Crippen molar-refractivity contribution in [2.75, 3.05) is 19.8 Å². The molecule has 1 aromatic carbocycles. The van der Waals surface area contributed by atoms with Crippen molar-refractivity contribution in [1.29, 1.82) is 0 Å². The lowest BCUT2D eigenvalue weighted by Gasteiger charge is -2.37. The van der Waals surface area contributed by atoms with E-state index in [-0.39, 0.29) is 24.1 Å². The fourth-order valence-corrected chi connectivity index (χ4v) is 3.62. The van der Waals surface area contributed by atoms with Gasteiger partial charge in [0.2, 0.25) is 5.91 Å². The predicted octanol–water partition coefficient (Wildman–Crippen LogP) is 2.35. The smallest absolute Gasteiger partial charge is 0.251 e. The summed E-state index contributed by atoms with van der Waals surface area (Å²) in [5.74, 6) is -0.0498. The average molecular weight is 370 g/mol. The highest BCUT2D eigenvalue weighted by atomic mass is 16.7. The third kappa shape index (κ3) is 4.57. The molecule has 27 heavy (non-hydrogen) atoms. The molecule has 144 valence electrons. The monoisotopic (exact) mass is 370 g/mol. The van der Waals surface area contributed by atoms with Gasteiger partial charge in [0, 0.05) is 24.2 Å². The van der Waals surface area contributed by atoms with Crippen LogP contribution in [0.4, 0.5) is 0 Å². The molecule has 2 amide bonds. The van der Waals surface area contributed by atoms with Gasteiger partial charge in [-0.05, 0) is 55.9 Å². The maximum atomic E-state index is 12.7. The zero-order chi connectivity index (χ0) is 18.6. The highest BCUT2D eigenvalue weighted by molar-refractivity contribution is 5.95. The summed E-state index contributed by atoms with van der Waals surface area (Å²) in [4.78, 5) is 26.6. The fourth-order valence-electron chi connectivity index (χ4n) is 3.62. The normalized spacial score (nSPS) is 23.7. The van der Waals surface area contributed by atoms with Gasteiger partial charge in [0.1, 0.15) is 0 Å². The van der Waals surface area contributed by atoms with Gasteiger partial charge in [0.05, 0.1) is 19.3 Å². The highest BCUT2D eigenvalue weighted by Crippen LogP contribution is 2.25. The van der Waals surface area contributed by atoms with Gasteiger partial charge in [-0.3, -0.25) is 9.59 Å². The topological polar surface area (TPSA) is 67.9 Å². The zero-order valence-electron chi connectivity index (χ0n) is 15.4. The Hall–Kier alpha value is -2.18. The summed E-state index contributed by atoms with van der Waals surface area (Å²) >= 11 is 0. The lowest BCUT2D eigenvalue weighted by Crippen LogP contribution is -2.49. The van der Waals surface area contributed by atoms with Gasteiger partial charge in [-0.1, -0.05) is 12.1 Å². The second kappa shape index (κ2) is 8.23. The molecule has 1 saturated carbocycles. The molecule has 1 aliphatic carbocycles. The van der Waals surface area contributed by atoms with Crippen LogP contribution in [0, 0.1) is 0 Å². The Labute approximate surface area is 159 Å². The molecular weight excluding hydrogens is 344 g/mol. The lowest BCUT2D eigenvalue weighted by atomic mass is 10.0. The van der Waals surface area contributed by atoms with E-state index in [0.717, 1.165) is 44.2 Å². The van der Waals surface area contributed by atoms with Crippen LogP contribution < -0.4 is 5.32 Å². The highest BCUT2D eigenvalue weighted by Gasteiger charge is 2.35. The van der Waals surface area contributed by atoms with E-state index in [1.165, 1.54) is 0 Å². The molecule has 1 atom stereocenters. The second-order valence-corrected chi connectivity index (χ2v) is 7.41. The number of hydrogen-bond acceptors (Lipinski definition) is 4. The maximum absolute atomic E-state index is 12.7. The van der Waals surface area contributed by atoms with Crippen molar-refractivity contribution in [3.05, 3.63) is 41.5 Å². The number of nitrogens with zero attached hydrogens (tertiary/aromatic N) is 1. The molecule has 3 fully saturated rings. The molecule has 6 nitrogen and oxygen atoms in total. The van der Waals surface area contributed by atoms with Crippen LogP contribution in [0.2, 0.25) is 0 Å². The number of nitrogens with one attached hydrogen (secondary N) is 1. The Kier molecular flexibility index (Phi) is 5.55. The molecular formula is C21H26N2O4. The van der Waals surface area contributed by atoms with E-state index < -0.39 is 0 Å². The summed E-state index contributed by atoms with van der Waals surface area (Å²) in [6.07, 6.45) is 8.26. The molecule has 2 saturated heterocycles. The molecule has 2 aliphatic heterocycles. The number of carbonyl (C=O) groups is 2. The van der Waals surface area contributed by atoms with Crippen LogP contribution in [-0.4, -0.2) is 54.8 Å². The third-order valence-corrected chi connectivity index (χ3v) is 5.30. The molecule has 0 bridgehead atoms. The molecule has 0 radical (unpaired) electrons. The van der Waals surface area contributed by atoms with Gasteiger partial charge < -0.3 is 19.7 Å². The van der Waals surface area contributed by atoms with E-state index in [9.17, 15) is 9.59 Å². The van der Waals surface area contributed by atoms with Crippen molar-refractivity contribution >= 4 is 17.9 Å². The first-order chi connectivity index (χ1) is 13.2. The van der Waals surface area contributed by atoms with Crippen LogP contribution in [0.15, 0.2) is 30.3 Å². The second-order valence-electron chi connectivity index (χ2n) is 7.41. The Balaban J connectivity index is 1.37. The summed E-state index contributed by atoms with van der Waals surface area (Å²) in [7, 11) is 0. The molecule has 1 N–H and O–H groups in total. The van der Waals surface area contributed by atoms with Crippen LogP contribution >= 0.6 is 0 Å². The van der Waals surface area contributed by atoms with Crippen molar-refractivity contribution in [2.24, 2.45) is 0 Å². The van der Waals surface area contributed by atoms with E-state index in [1.54, 1.807) is 24.3 Å². The van der Waals surface area contributed by atoms with Crippen molar-refractivity contribution in [3.63, 3.8) is 0 Å². The SMILES string of the molecule is O=C(NC1CC1)c1ccc(/C=C/C(=O)N2CCCCC2C2OCCO2)cc1. The number of likely N-dealkylation sites (tertiary alicyclic amines) is 1. The van der Waals surface area contributed by atoms with Crippen LogP contribution in [-0.2, 0) is 14.3 Å². The zero-order valence-corrected chi connectivity index (χ0v) is 15.4. The lowest BCUT2D eigenvalue weighted by molar-refractivity contribution is -0.145. The first-order valence-electron chi connectivity index (χ1n) is 9.83. The Bertz CT molecular complexity index is 705. The summed E-state index contributed by atoms with van der Waals surface area (Å²) in [6.45, 7) is 1.93. The Morgan fingerprint density at radius 1 is 1.04 bits per heavy atom. The standard InChI is InChI=1S/C21H26N2O4/c24-19(23-12-2-1-3-18(23)21-26-13-14-27-21)11-6-15-4-7-16(8-5-15)20(25)22-17-9-10-17/h4-8,11,17-18,21H,1-3,9-10,12-14H2,(H,22,25)/b11-6+. The largest absolute Gasteiger partial charge is 0.349 e. The van der Waals surface area contributed by atoms with Crippen LogP contribution in [0.5, 0.6) is 0 Å². The van der Waals surface area contributed by atoms with Crippen molar-refractivity contribution in [3.8, 4) is 0 Å². The van der Waals surface area contributed by atoms with E-state index >= 15 is 0 Å². The van der Waals surface area contributed by atoms with Gasteiger partial charge in [0.15, 0.2) is 6.29 Å². The summed E-state index contributed by atoms with van der Waals surface area (Å²) in [6, 6.07) is 7.66. The minimum absolute atomic E-state index is 0.00750. The predicted molar refractivity (Wildman–Crippen MR) is 101 cm³/mol. The van der Waals surface area contributed by atoms with Gasteiger partial charge >= 0.3 is 0 Å². The number of carbonyl (C=O) groups excluding carboxylic acids is 2. The molecule has 0 aromatic heterocycles. The number of piperidine rings is 1. The van der Waals surface area contributed by atoms with E-state index in [2.05, 4.69) is 5.32 Å². The molecule has 4 rings (SSSR count).